The molecule has 134 valence electrons. The number of esters is 1. The Hall–Kier alpha value is -1.43. The highest BCUT2D eigenvalue weighted by atomic mass is 16.6. The van der Waals surface area contributed by atoms with Gasteiger partial charge in [0.2, 0.25) is 0 Å². The lowest BCUT2D eigenvalue weighted by Crippen LogP contribution is -2.37. The van der Waals surface area contributed by atoms with Crippen LogP contribution in [0.3, 0.4) is 0 Å². The number of nitrogens with one attached hydrogen (secondary N) is 1. The Morgan fingerprint density at radius 2 is 1.96 bits per heavy atom. The molecule has 1 saturated heterocycles. The van der Waals surface area contributed by atoms with Gasteiger partial charge in [-0.2, -0.15) is 0 Å². The van der Waals surface area contributed by atoms with Crippen LogP contribution in [0.4, 0.5) is 0 Å². The molecule has 0 amide bonds. The van der Waals surface area contributed by atoms with Gasteiger partial charge < -0.3 is 19.5 Å². The largest absolute Gasteiger partial charge is 0.459 e. The van der Waals surface area contributed by atoms with Crippen molar-refractivity contribution in [3.8, 4) is 0 Å². The molecule has 5 heteroatoms. The lowest BCUT2D eigenvalue weighted by atomic mass is 10.1. The van der Waals surface area contributed by atoms with Crippen molar-refractivity contribution >= 4 is 5.97 Å². The maximum Gasteiger partial charge on any atom is 0.323 e. The molecule has 0 bridgehead atoms. The fourth-order valence-electron chi connectivity index (χ4n) is 2.56. The summed E-state index contributed by atoms with van der Waals surface area (Å²) in [5, 5.41) is 3.17. The van der Waals surface area contributed by atoms with Crippen molar-refractivity contribution < 1.29 is 19.0 Å². The van der Waals surface area contributed by atoms with Crippen LogP contribution in [0.1, 0.15) is 39.2 Å². The van der Waals surface area contributed by atoms with Gasteiger partial charge in [-0.25, -0.2) is 0 Å². The van der Waals surface area contributed by atoms with Gasteiger partial charge in [0.1, 0.15) is 11.6 Å². The molecule has 1 heterocycles. The second-order valence-corrected chi connectivity index (χ2v) is 7.11. The molecular formula is C19H29NO4. The topological polar surface area (TPSA) is 56.8 Å². The highest BCUT2D eigenvalue weighted by Gasteiger charge is 2.32. The zero-order valence-electron chi connectivity index (χ0n) is 14.9. The van der Waals surface area contributed by atoms with E-state index in [1.54, 1.807) is 0 Å². The number of hydrogen-bond donors (Lipinski definition) is 1. The molecule has 1 aromatic rings. The Bertz CT molecular complexity index is 498. The van der Waals surface area contributed by atoms with Gasteiger partial charge in [0.15, 0.2) is 0 Å². The maximum atomic E-state index is 12.0. The first-order valence-electron chi connectivity index (χ1n) is 8.63. The first kappa shape index (κ1) is 18.9. The zero-order valence-corrected chi connectivity index (χ0v) is 14.9. The molecule has 2 rings (SSSR count). The molecule has 0 aromatic heterocycles. The van der Waals surface area contributed by atoms with Gasteiger partial charge in [-0.3, -0.25) is 4.79 Å². The van der Waals surface area contributed by atoms with E-state index >= 15 is 0 Å². The van der Waals surface area contributed by atoms with Crippen molar-refractivity contribution in [2.75, 3.05) is 19.8 Å². The van der Waals surface area contributed by atoms with Crippen LogP contribution >= 0.6 is 0 Å². The summed E-state index contributed by atoms with van der Waals surface area (Å²) in [4.78, 5) is 12.0. The fourth-order valence-corrected chi connectivity index (χ4v) is 2.56. The summed E-state index contributed by atoms with van der Waals surface area (Å²) >= 11 is 0. The van der Waals surface area contributed by atoms with E-state index in [2.05, 4.69) is 17.4 Å². The number of carbonyl (C=O) groups is 1. The summed E-state index contributed by atoms with van der Waals surface area (Å²) in [5.74, 6) is -0.195. The van der Waals surface area contributed by atoms with Crippen molar-refractivity contribution in [3.05, 3.63) is 35.9 Å². The predicted molar refractivity (Wildman–Crippen MR) is 92.7 cm³/mol. The van der Waals surface area contributed by atoms with E-state index in [1.807, 2.05) is 39.0 Å². The van der Waals surface area contributed by atoms with E-state index in [9.17, 15) is 4.79 Å². The molecule has 1 fully saturated rings. The van der Waals surface area contributed by atoms with Crippen LogP contribution in [0.5, 0.6) is 0 Å². The number of ether oxygens (including phenoxy) is 3. The molecule has 2 atom stereocenters. The van der Waals surface area contributed by atoms with Crippen molar-refractivity contribution in [3.63, 3.8) is 0 Å². The minimum absolute atomic E-state index is 0.0663. The van der Waals surface area contributed by atoms with Gasteiger partial charge in [-0.15, -0.1) is 0 Å². The Kier molecular flexibility index (Phi) is 7.21. The highest BCUT2D eigenvalue weighted by molar-refractivity contribution is 5.76. The number of benzene rings is 1. The minimum atomic E-state index is -0.451. The summed E-state index contributed by atoms with van der Waals surface area (Å²) < 4.78 is 16.8. The van der Waals surface area contributed by atoms with Crippen LogP contribution in [0, 0.1) is 0 Å². The lowest BCUT2D eigenvalue weighted by molar-refractivity contribution is -0.157. The van der Waals surface area contributed by atoms with Crippen molar-refractivity contribution in [1.82, 2.24) is 5.32 Å². The minimum Gasteiger partial charge on any atom is -0.459 e. The lowest BCUT2D eigenvalue weighted by Gasteiger charge is -2.22. The van der Waals surface area contributed by atoms with E-state index in [0.29, 0.717) is 32.8 Å². The van der Waals surface area contributed by atoms with Crippen LogP contribution in [0.15, 0.2) is 30.3 Å². The highest BCUT2D eigenvalue weighted by Crippen LogP contribution is 2.16. The first-order chi connectivity index (χ1) is 11.4. The van der Waals surface area contributed by atoms with Crippen molar-refractivity contribution in [1.29, 1.82) is 0 Å². The second-order valence-electron chi connectivity index (χ2n) is 7.11. The number of carbonyl (C=O) groups excluding carboxylic acids is 1. The standard InChI is InChI=1S/C19H29NO4/c1-19(2,3)24-18(21)17-12-16(13-20-17)23-11-7-10-22-14-15-8-5-4-6-9-15/h4-6,8-9,16-17,20H,7,10-14H2,1-3H3/t16?,17-/m0/s1. The maximum absolute atomic E-state index is 12.0. The van der Waals surface area contributed by atoms with Gasteiger partial charge in [-0.05, 0) is 32.8 Å². The normalized spacial score (nSPS) is 21.0. The molecule has 1 aliphatic heterocycles. The van der Waals surface area contributed by atoms with E-state index in [4.69, 9.17) is 14.2 Å². The van der Waals surface area contributed by atoms with Crippen LogP contribution in [0.25, 0.3) is 0 Å². The quantitative estimate of drug-likeness (QED) is 0.585. The van der Waals surface area contributed by atoms with Gasteiger partial charge in [-0.1, -0.05) is 30.3 Å². The van der Waals surface area contributed by atoms with E-state index in [-0.39, 0.29) is 18.1 Å². The molecule has 1 aliphatic rings. The Labute approximate surface area is 144 Å². The van der Waals surface area contributed by atoms with Gasteiger partial charge in [0.05, 0.1) is 12.7 Å². The average Bonchev–Trinajstić information content (AvgIpc) is 2.99. The molecule has 1 N–H and O–H groups in total. The molecule has 0 radical (unpaired) electrons. The summed E-state index contributed by atoms with van der Waals surface area (Å²) in [7, 11) is 0. The third kappa shape index (κ3) is 6.99. The molecule has 0 aliphatic carbocycles. The van der Waals surface area contributed by atoms with Crippen LogP contribution in [-0.2, 0) is 25.6 Å². The Morgan fingerprint density at radius 1 is 1.21 bits per heavy atom. The second kappa shape index (κ2) is 9.16. The molecule has 0 spiro atoms. The van der Waals surface area contributed by atoms with E-state index in [1.165, 1.54) is 5.56 Å². The summed E-state index contributed by atoms with van der Waals surface area (Å²) in [6.07, 6.45) is 1.58. The zero-order chi connectivity index (χ0) is 17.4. The molecular weight excluding hydrogens is 306 g/mol. The number of hydrogen-bond acceptors (Lipinski definition) is 5. The van der Waals surface area contributed by atoms with E-state index in [0.717, 1.165) is 6.42 Å². The molecule has 1 unspecified atom stereocenters. The average molecular weight is 335 g/mol. The summed E-state index contributed by atoms with van der Waals surface area (Å²) in [5.41, 5.74) is 0.729. The molecule has 0 saturated carbocycles. The predicted octanol–water partition coefficient (Wildman–Crippen LogP) is 2.68. The van der Waals surface area contributed by atoms with Crippen LogP contribution in [0.2, 0.25) is 0 Å². The van der Waals surface area contributed by atoms with Gasteiger partial charge in [0.25, 0.3) is 0 Å². The van der Waals surface area contributed by atoms with E-state index < -0.39 is 5.60 Å². The molecule has 5 nitrogen and oxygen atoms in total. The summed E-state index contributed by atoms with van der Waals surface area (Å²) in [6.45, 7) is 8.27. The van der Waals surface area contributed by atoms with Crippen LogP contribution < -0.4 is 5.32 Å². The molecule has 24 heavy (non-hydrogen) atoms. The third-order valence-electron chi connectivity index (χ3n) is 3.68. The van der Waals surface area contributed by atoms with Gasteiger partial charge >= 0.3 is 5.97 Å². The van der Waals surface area contributed by atoms with Crippen molar-refractivity contribution in [2.24, 2.45) is 0 Å². The monoisotopic (exact) mass is 335 g/mol. The smallest absolute Gasteiger partial charge is 0.323 e. The number of rotatable bonds is 8. The first-order valence-corrected chi connectivity index (χ1v) is 8.63. The van der Waals surface area contributed by atoms with Crippen molar-refractivity contribution in [2.45, 2.75) is 58.0 Å². The SMILES string of the molecule is CC(C)(C)OC(=O)[C@@H]1CC(OCCCOCc2ccccc2)CN1. The fraction of sp³-hybridized carbons (Fsp3) is 0.632. The Morgan fingerprint density at radius 3 is 2.67 bits per heavy atom. The van der Waals surface area contributed by atoms with Gasteiger partial charge in [0, 0.05) is 26.2 Å². The Balaban J connectivity index is 1.53. The molecule has 1 aromatic carbocycles. The third-order valence-corrected chi connectivity index (χ3v) is 3.68. The van der Waals surface area contributed by atoms with Crippen LogP contribution in [-0.4, -0.2) is 43.5 Å². The summed E-state index contributed by atoms with van der Waals surface area (Å²) in [6, 6.07) is 9.86.